The van der Waals surface area contributed by atoms with Gasteiger partial charge in [0, 0.05) is 5.69 Å². The molecule has 0 heterocycles. The van der Waals surface area contributed by atoms with Gasteiger partial charge >= 0.3 is 0 Å². The van der Waals surface area contributed by atoms with Crippen LogP contribution in [0.2, 0.25) is 0 Å². The van der Waals surface area contributed by atoms with Crippen molar-refractivity contribution in [3.63, 3.8) is 0 Å². The molecule has 0 spiro atoms. The lowest BCUT2D eigenvalue weighted by Gasteiger charge is -2.30. The van der Waals surface area contributed by atoms with Crippen LogP contribution in [-0.2, 0) is 14.8 Å². The molecule has 0 aliphatic rings. The molecule has 6 heteroatoms. The Morgan fingerprint density at radius 2 is 1.59 bits per heavy atom. The van der Waals surface area contributed by atoms with Gasteiger partial charge < -0.3 is 5.32 Å². The Hall–Kier alpha value is -2.34. The lowest BCUT2D eigenvalue weighted by molar-refractivity contribution is -0.117. The molecule has 1 N–H and O–H groups in total. The summed E-state index contributed by atoms with van der Waals surface area (Å²) in [7, 11) is -3.64. The predicted octanol–water partition coefficient (Wildman–Crippen LogP) is 4.10. The molecule has 0 aliphatic heterocycles. The van der Waals surface area contributed by atoms with E-state index in [1.807, 2.05) is 58.9 Å². The van der Waals surface area contributed by atoms with E-state index >= 15 is 0 Å². The summed E-state index contributed by atoms with van der Waals surface area (Å²) >= 11 is 0. The fourth-order valence-corrected chi connectivity index (χ4v) is 4.38. The molecular weight excluding hydrogens is 360 g/mol. The quantitative estimate of drug-likeness (QED) is 0.810. The molecule has 27 heavy (non-hydrogen) atoms. The van der Waals surface area contributed by atoms with Crippen LogP contribution in [0.5, 0.6) is 0 Å². The van der Waals surface area contributed by atoms with E-state index in [1.165, 1.54) is 4.31 Å². The Labute approximate surface area is 162 Å². The first-order chi connectivity index (χ1) is 12.5. The number of sulfonamides is 1. The fourth-order valence-electron chi connectivity index (χ4n) is 3.18. The minimum Gasteiger partial charge on any atom is -0.324 e. The van der Waals surface area contributed by atoms with Gasteiger partial charge in [0.25, 0.3) is 0 Å². The zero-order valence-corrected chi connectivity index (χ0v) is 17.6. The first kappa shape index (κ1) is 21.0. The number of benzene rings is 2. The number of carbonyl (C=O) groups excluding carboxylic acids is 1. The minimum absolute atomic E-state index is 0.342. The van der Waals surface area contributed by atoms with Crippen LogP contribution in [0.1, 0.15) is 35.6 Å². The molecule has 1 atom stereocenters. The Morgan fingerprint density at radius 1 is 1.00 bits per heavy atom. The normalized spacial score (nSPS) is 12.5. The van der Waals surface area contributed by atoms with Crippen LogP contribution in [0.15, 0.2) is 36.4 Å². The number of anilines is 2. The van der Waals surface area contributed by atoms with Gasteiger partial charge in [0.05, 0.1) is 11.9 Å². The number of aryl methyl sites for hydroxylation is 4. The molecule has 1 amide bonds. The summed E-state index contributed by atoms with van der Waals surface area (Å²) in [6.45, 7) is 9.60. The van der Waals surface area contributed by atoms with Crippen molar-refractivity contribution in [3.05, 3.63) is 58.7 Å². The smallest absolute Gasteiger partial charge is 0.248 e. The van der Waals surface area contributed by atoms with Crippen LogP contribution >= 0.6 is 0 Å². The molecule has 0 saturated carbocycles. The highest BCUT2D eigenvalue weighted by molar-refractivity contribution is 7.92. The molecule has 146 valence electrons. The topological polar surface area (TPSA) is 66.5 Å². The van der Waals surface area contributed by atoms with E-state index in [1.54, 1.807) is 12.1 Å². The highest BCUT2D eigenvalue weighted by Gasteiger charge is 2.31. The van der Waals surface area contributed by atoms with Crippen molar-refractivity contribution in [2.75, 3.05) is 15.9 Å². The van der Waals surface area contributed by atoms with Crippen molar-refractivity contribution >= 4 is 27.3 Å². The molecule has 0 saturated heterocycles. The van der Waals surface area contributed by atoms with E-state index in [0.717, 1.165) is 28.5 Å². The van der Waals surface area contributed by atoms with E-state index in [2.05, 4.69) is 5.32 Å². The Morgan fingerprint density at radius 3 is 2.07 bits per heavy atom. The molecule has 0 bridgehead atoms. The molecule has 0 aliphatic carbocycles. The monoisotopic (exact) mass is 388 g/mol. The summed E-state index contributed by atoms with van der Waals surface area (Å²) in [4.78, 5) is 13.0. The second kappa shape index (κ2) is 8.13. The van der Waals surface area contributed by atoms with Crippen molar-refractivity contribution < 1.29 is 13.2 Å². The minimum atomic E-state index is -3.64. The standard InChI is InChI=1S/C21H28N2O3S/c1-7-20(21(24)22-18-9-8-16(4)17(5)13-18)23(27(6,25)26)19-11-14(2)10-15(3)12-19/h8-13,20H,7H2,1-6H3,(H,22,24)/t20-/m0/s1. The number of rotatable bonds is 6. The number of hydrogen-bond donors (Lipinski definition) is 1. The first-order valence-electron chi connectivity index (χ1n) is 8.98. The van der Waals surface area contributed by atoms with Crippen molar-refractivity contribution in [2.45, 2.75) is 47.1 Å². The summed E-state index contributed by atoms with van der Waals surface area (Å²) in [5.41, 5.74) is 5.27. The van der Waals surface area contributed by atoms with Gasteiger partial charge in [-0.3, -0.25) is 9.10 Å². The molecule has 5 nitrogen and oxygen atoms in total. The highest BCUT2D eigenvalue weighted by Crippen LogP contribution is 2.26. The molecular formula is C21H28N2O3S. The van der Waals surface area contributed by atoms with Crippen molar-refractivity contribution in [1.82, 2.24) is 0 Å². The van der Waals surface area contributed by atoms with E-state index < -0.39 is 16.1 Å². The van der Waals surface area contributed by atoms with Crippen LogP contribution in [0.4, 0.5) is 11.4 Å². The zero-order chi connectivity index (χ0) is 20.4. The van der Waals surface area contributed by atoms with Crippen LogP contribution in [0, 0.1) is 27.7 Å². The number of nitrogens with one attached hydrogen (secondary N) is 1. The van der Waals surface area contributed by atoms with Gasteiger partial charge in [-0.05, 0) is 80.6 Å². The zero-order valence-electron chi connectivity index (χ0n) is 16.8. The van der Waals surface area contributed by atoms with Gasteiger partial charge in [-0.1, -0.05) is 19.1 Å². The number of amides is 1. The number of carbonyl (C=O) groups is 1. The average Bonchev–Trinajstić information content (AvgIpc) is 2.53. The second-order valence-electron chi connectivity index (χ2n) is 7.12. The molecule has 0 radical (unpaired) electrons. The van der Waals surface area contributed by atoms with Crippen molar-refractivity contribution in [2.24, 2.45) is 0 Å². The Balaban J connectivity index is 2.42. The third-order valence-corrected chi connectivity index (χ3v) is 5.74. The molecule has 0 unspecified atom stereocenters. The maximum Gasteiger partial charge on any atom is 0.248 e. The number of hydrogen-bond acceptors (Lipinski definition) is 3. The highest BCUT2D eigenvalue weighted by atomic mass is 32.2. The third-order valence-electron chi connectivity index (χ3n) is 4.57. The number of nitrogens with zero attached hydrogens (tertiary/aromatic N) is 1. The maximum absolute atomic E-state index is 13.0. The molecule has 2 rings (SSSR count). The molecule has 0 fully saturated rings. The van der Waals surface area contributed by atoms with Gasteiger partial charge in [0.1, 0.15) is 6.04 Å². The van der Waals surface area contributed by atoms with E-state index in [9.17, 15) is 13.2 Å². The van der Waals surface area contributed by atoms with Gasteiger partial charge in [-0.2, -0.15) is 0 Å². The lowest BCUT2D eigenvalue weighted by atomic mass is 10.1. The largest absolute Gasteiger partial charge is 0.324 e. The summed E-state index contributed by atoms with van der Waals surface area (Å²) in [6.07, 6.45) is 1.49. The van der Waals surface area contributed by atoms with Crippen LogP contribution in [0.3, 0.4) is 0 Å². The van der Waals surface area contributed by atoms with Crippen molar-refractivity contribution in [3.8, 4) is 0 Å². The first-order valence-corrected chi connectivity index (χ1v) is 10.8. The Kier molecular flexibility index (Phi) is 6.31. The predicted molar refractivity (Wildman–Crippen MR) is 112 cm³/mol. The summed E-state index contributed by atoms with van der Waals surface area (Å²) in [6, 6.07) is 10.4. The summed E-state index contributed by atoms with van der Waals surface area (Å²) in [5, 5.41) is 2.87. The van der Waals surface area contributed by atoms with Crippen LogP contribution in [0.25, 0.3) is 0 Å². The van der Waals surface area contributed by atoms with Gasteiger partial charge in [0.15, 0.2) is 0 Å². The van der Waals surface area contributed by atoms with Gasteiger partial charge in [0.2, 0.25) is 15.9 Å². The van der Waals surface area contributed by atoms with Crippen LogP contribution < -0.4 is 9.62 Å². The second-order valence-corrected chi connectivity index (χ2v) is 8.98. The van der Waals surface area contributed by atoms with E-state index in [-0.39, 0.29) is 5.91 Å². The molecule has 2 aromatic rings. The van der Waals surface area contributed by atoms with Crippen LogP contribution in [-0.4, -0.2) is 26.6 Å². The van der Waals surface area contributed by atoms with E-state index in [4.69, 9.17) is 0 Å². The maximum atomic E-state index is 13.0. The SMILES string of the molecule is CC[C@@H](C(=O)Nc1ccc(C)c(C)c1)N(c1cc(C)cc(C)c1)S(C)(=O)=O. The molecule has 0 aromatic heterocycles. The Bertz CT molecular complexity index is 932. The third kappa shape index (κ3) is 5.10. The summed E-state index contributed by atoms with van der Waals surface area (Å²) < 4.78 is 26.3. The van der Waals surface area contributed by atoms with Gasteiger partial charge in [-0.15, -0.1) is 0 Å². The average molecular weight is 389 g/mol. The van der Waals surface area contributed by atoms with E-state index in [0.29, 0.717) is 17.8 Å². The molecule has 2 aromatic carbocycles. The summed E-state index contributed by atoms with van der Waals surface area (Å²) in [5.74, 6) is -0.342. The lowest BCUT2D eigenvalue weighted by Crippen LogP contribution is -2.47. The van der Waals surface area contributed by atoms with Gasteiger partial charge in [-0.25, -0.2) is 8.42 Å². The van der Waals surface area contributed by atoms with Crippen molar-refractivity contribution in [1.29, 1.82) is 0 Å². The fraction of sp³-hybridized carbons (Fsp3) is 0.381.